The zero-order valence-corrected chi connectivity index (χ0v) is 11.2. The standard InChI is InChI=1S/C16H28/c1-4-14(2)9-6-5-7-11-16-12-8-10-15(3)13-16/h5-6,14,16H,3-4,7-13H2,1-2H3. The molecule has 0 N–H and O–H groups in total. The first-order valence-electron chi connectivity index (χ1n) is 7.04. The number of hydrogen-bond donors (Lipinski definition) is 0. The molecule has 1 aliphatic rings. The Morgan fingerprint density at radius 3 is 2.94 bits per heavy atom. The molecule has 2 atom stereocenters. The molecular formula is C16H28. The molecule has 0 aromatic heterocycles. The highest BCUT2D eigenvalue weighted by molar-refractivity contribution is 4.99. The molecule has 0 aromatic rings. The Labute approximate surface area is 102 Å². The summed E-state index contributed by atoms with van der Waals surface area (Å²) in [4.78, 5) is 0. The van der Waals surface area contributed by atoms with Gasteiger partial charge in [-0.25, -0.2) is 0 Å². The highest BCUT2D eigenvalue weighted by Gasteiger charge is 2.14. The molecule has 1 aliphatic carbocycles. The predicted molar refractivity (Wildman–Crippen MR) is 73.5 cm³/mol. The zero-order chi connectivity index (χ0) is 11.8. The summed E-state index contributed by atoms with van der Waals surface area (Å²) in [5, 5.41) is 0. The van der Waals surface area contributed by atoms with E-state index in [0.717, 1.165) is 11.8 Å². The molecule has 0 spiro atoms. The zero-order valence-electron chi connectivity index (χ0n) is 11.2. The highest BCUT2D eigenvalue weighted by Crippen LogP contribution is 2.30. The molecule has 0 nitrogen and oxygen atoms in total. The summed E-state index contributed by atoms with van der Waals surface area (Å²) in [6.07, 6.45) is 15.3. The minimum Gasteiger partial charge on any atom is -0.0999 e. The summed E-state index contributed by atoms with van der Waals surface area (Å²) in [5.41, 5.74) is 1.49. The van der Waals surface area contributed by atoms with Gasteiger partial charge in [0.1, 0.15) is 0 Å². The molecule has 1 fully saturated rings. The van der Waals surface area contributed by atoms with E-state index in [4.69, 9.17) is 0 Å². The lowest BCUT2D eigenvalue weighted by atomic mass is 9.83. The van der Waals surface area contributed by atoms with Crippen LogP contribution in [0.3, 0.4) is 0 Å². The topological polar surface area (TPSA) is 0 Å². The molecule has 0 saturated heterocycles. The van der Waals surface area contributed by atoms with Crippen LogP contribution in [-0.4, -0.2) is 0 Å². The van der Waals surface area contributed by atoms with Gasteiger partial charge in [0, 0.05) is 0 Å². The van der Waals surface area contributed by atoms with Gasteiger partial charge in [0.15, 0.2) is 0 Å². The quantitative estimate of drug-likeness (QED) is 0.518. The molecule has 0 amide bonds. The summed E-state index contributed by atoms with van der Waals surface area (Å²) in [6.45, 7) is 8.72. The maximum atomic E-state index is 4.13. The fourth-order valence-electron chi connectivity index (χ4n) is 2.44. The van der Waals surface area contributed by atoms with Crippen molar-refractivity contribution in [2.75, 3.05) is 0 Å². The molecule has 0 bridgehead atoms. The average molecular weight is 220 g/mol. The summed E-state index contributed by atoms with van der Waals surface area (Å²) in [5.74, 6) is 1.78. The van der Waals surface area contributed by atoms with Crippen molar-refractivity contribution in [2.24, 2.45) is 11.8 Å². The molecule has 1 rings (SSSR count). The van der Waals surface area contributed by atoms with Gasteiger partial charge in [-0.3, -0.25) is 0 Å². The maximum Gasteiger partial charge on any atom is -0.0294 e. The van der Waals surface area contributed by atoms with Crippen LogP contribution in [0.2, 0.25) is 0 Å². The van der Waals surface area contributed by atoms with Crippen molar-refractivity contribution in [3.63, 3.8) is 0 Å². The van der Waals surface area contributed by atoms with E-state index in [1.54, 1.807) is 0 Å². The molecule has 0 heterocycles. The Bertz CT molecular complexity index is 224. The van der Waals surface area contributed by atoms with Crippen LogP contribution in [0.25, 0.3) is 0 Å². The molecular weight excluding hydrogens is 192 g/mol. The number of allylic oxidation sites excluding steroid dienone is 3. The van der Waals surface area contributed by atoms with Crippen LogP contribution < -0.4 is 0 Å². The Balaban J connectivity index is 2.08. The van der Waals surface area contributed by atoms with Crippen LogP contribution in [0.4, 0.5) is 0 Å². The predicted octanol–water partition coefficient (Wildman–Crippen LogP) is 5.51. The van der Waals surface area contributed by atoms with Crippen molar-refractivity contribution < 1.29 is 0 Å². The van der Waals surface area contributed by atoms with Crippen molar-refractivity contribution in [3.05, 3.63) is 24.3 Å². The van der Waals surface area contributed by atoms with Gasteiger partial charge in [-0.2, -0.15) is 0 Å². The molecule has 16 heavy (non-hydrogen) atoms. The van der Waals surface area contributed by atoms with Gasteiger partial charge in [-0.05, 0) is 56.8 Å². The third-order valence-corrected chi connectivity index (χ3v) is 3.86. The largest absolute Gasteiger partial charge is 0.0999 e. The van der Waals surface area contributed by atoms with Gasteiger partial charge in [-0.1, -0.05) is 44.6 Å². The minimum atomic E-state index is 0.853. The van der Waals surface area contributed by atoms with Gasteiger partial charge >= 0.3 is 0 Å². The fourth-order valence-corrected chi connectivity index (χ4v) is 2.44. The van der Waals surface area contributed by atoms with Crippen LogP contribution in [0.15, 0.2) is 24.3 Å². The van der Waals surface area contributed by atoms with Crippen LogP contribution in [0, 0.1) is 11.8 Å². The lowest BCUT2D eigenvalue weighted by Gasteiger charge is -2.22. The Morgan fingerprint density at radius 1 is 1.44 bits per heavy atom. The number of hydrogen-bond acceptors (Lipinski definition) is 0. The lowest BCUT2D eigenvalue weighted by molar-refractivity contribution is 0.396. The van der Waals surface area contributed by atoms with Gasteiger partial charge < -0.3 is 0 Å². The first-order valence-corrected chi connectivity index (χ1v) is 7.04. The van der Waals surface area contributed by atoms with Gasteiger partial charge in [-0.15, -0.1) is 0 Å². The van der Waals surface area contributed by atoms with Crippen LogP contribution in [0.5, 0.6) is 0 Å². The summed E-state index contributed by atoms with van der Waals surface area (Å²) in [7, 11) is 0. The third-order valence-electron chi connectivity index (χ3n) is 3.86. The van der Waals surface area contributed by atoms with Crippen LogP contribution in [-0.2, 0) is 0 Å². The van der Waals surface area contributed by atoms with E-state index in [-0.39, 0.29) is 0 Å². The van der Waals surface area contributed by atoms with Crippen molar-refractivity contribution >= 4 is 0 Å². The Kier molecular flexibility index (Phi) is 6.52. The van der Waals surface area contributed by atoms with E-state index in [2.05, 4.69) is 32.6 Å². The summed E-state index contributed by atoms with van der Waals surface area (Å²) in [6, 6.07) is 0. The monoisotopic (exact) mass is 220 g/mol. The minimum absolute atomic E-state index is 0.853. The molecule has 92 valence electrons. The first kappa shape index (κ1) is 13.5. The molecule has 0 radical (unpaired) electrons. The van der Waals surface area contributed by atoms with Crippen molar-refractivity contribution in [1.82, 2.24) is 0 Å². The van der Waals surface area contributed by atoms with Crippen molar-refractivity contribution in [3.8, 4) is 0 Å². The first-order chi connectivity index (χ1) is 7.72. The average Bonchev–Trinajstić information content (AvgIpc) is 2.28. The second-order valence-corrected chi connectivity index (χ2v) is 5.51. The molecule has 0 aromatic carbocycles. The van der Waals surface area contributed by atoms with E-state index in [1.165, 1.54) is 56.9 Å². The smallest absolute Gasteiger partial charge is 0.0294 e. The third kappa shape index (κ3) is 5.53. The van der Waals surface area contributed by atoms with E-state index in [0.29, 0.717) is 0 Å². The fraction of sp³-hybridized carbons (Fsp3) is 0.750. The van der Waals surface area contributed by atoms with Crippen LogP contribution >= 0.6 is 0 Å². The second kappa shape index (κ2) is 7.70. The maximum absolute atomic E-state index is 4.13. The number of rotatable bonds is 6. The second-order valence-electron chi connectivity index (χ2n) is 5.51. The summed E-state index contributed by atoms with van der Waals surface area (Å²) >= 11 is 0. The highest BCUT2D eigenvalue weighted by atomic mass is 14.2. The molecule has 0 aliphatic heterocycles. The van der Waals surface area contributed by atoms with Gasteiger partial charge in [0.25, 0.3) is 0 Å². The van der Waals surface area contributed by atoms with E-state index in [1.807, 2.05) is 0 Å². The summed E-state index contributed by atoms with van der Waals surface area (Å²) < 4.78 is 0. The molecule has 2 unspecified atom stereocenters. The SMILES string of the molecule is C=C1CCCC(CCC=CCC(C)CC)C1. The van der Waals surface area contributed by atoms with Gasteiger partial charge in [0.2, 0.25) is 0 Å². The van der Waals surface area contributed by atoms with Crippen molar-refractivity contribution in [1.29, 1.82) is 0 Å². The van der Waals surface area contributed by atoms with Crippen molar-refractivity contribution in [2.45, 2.75) is 65.2 Å². The van der Waals surface area contributed by atoms with Crippen LogP contribution in [0.1, 0.15) is 65.2 Å². The molecule has 0 heteroatoms. The van der Waals surface area contributed by atoms with E-state index < -0.39 is 0 Å². The lowest BCUT2D eigenvalue weighted by Crippen LogP contribution is -2.07. The van der Waals surface area contributed by atoms with Gasteiger partial charge in [0.05, 0.1) is 0 Å². The normalized spacial score (nSPS) is 23.9. The Hall–Kier alpha value is -0.520. The molecule has 1 saturated carbocycles. The Morgan fingerprint density at radius 2 is 2.25 bits per heavy atom. The van der Waals surface area contributed by atoms with E-state index in [9.17, 15) is 0 Å². The van der Waals surface area contributed by atoms with E-state index >= 15 is 0 Å².